The van der Waals surface area contributed by atoms with Crippen molar-refractivity contribution in [2.24, 2.45) is 5.92 Å². The van der Waals surface area contributed by atoms with Crippen LogP contribution in [-0.2, 0) is 4.79 Å². The lowest BCUT2D eigenvalue weighted by atomic mass is 10.0. The lowest BCUT2D eigenvalue weighted by Crippen LogP contribution is -2.48. The van der Waals surface area contributed by atoms with Crippen molar-refractivity contribution in [2.45, 2.75) is 64.5 Å². The van der Waals surface area contributed by atoms with E-state index in [0.717, 1.165) is 26.1 Å². The predicted octanol–water partition coefficient (Wildman–Crippen LogP) is 2.60. The van der Waals surface area contributed by atoms with E-state index in [-0.39, 0.29) is 30.7 Å². The quantitative estimate of drug-likeness (QED) is 0.771. The van der Waals surface area contributed by atoms with Gasteiger partial charge in [-0.3, -0.25) is 9.69 Å². The average molecular weight is 354 g/mol. The molecule has 3 unspecified atom stereocenters. The van der Waals surface area contributed by atoms with Gasteiger partial charge in [0, 0.05) is 25.0 Å². The summed E-state index contributed by atoms with van der Waals surface area (Å²) in [6, 6.07) is 1.13. The zero-order chi connectivity index (χ0) is 14.4. The largest absolute Gasteiger partial charge is 0.355 e. The Hall–Kier alpha value is -0.0300. The van der Waals surface area contributed by atoms with E-state index in [1.54, 1.807) is 0 Å². The van der Waals surface area contributed by atoms with Gasteiger partial charge in [0.1, 0.15) is 0 Å². The summed E-state index contributed by atoms with van der Waals surface area (Å²) < 4.78 is 0. The lowest BCUT2D eigenvalue weighted by molar-refractivity contribution is -0.121. The van der Waals surface area contributed by atoms with Crippen LogP contribution in [0.15, 0.2) is 0 Å². The number of piperidine rings is 1. The second kappa shape index (κ2) is 11.5. The summed E-state index contributed by atoms with van der Waals surface area (Å²) in [6.45, 7) is 8.75. The minimum absolute atomic E-state index is 0. The van der Waals surface area contributed by atoms with Crippen molar-refractivity contribution in [3.8, 4) is 0 Å². The maximum absolute atomic E-state index is 11.9. The fraction of sp³-hybridized carbons (Fsp3) is 0.938. The van der Waals surface area contributed by atoms with Crippen molar-refractivity contribution in [3.63, 3.8) is 0 Å². The Kier molecular flexibility index (Phi) is 11.5. The molecule has 6 heteroatoms. The fourth-order valence-corrected chi connectivity index (χ4v) is 3.54. The summed E-state index contributed by atoms with van der Waals surface area (Å²) in [5.74, 6) is 0.939. The van der Waals surface area contributed by atoms with Crippen molar-refractivity contribution < 1.29 is 4.79 Å². The summed E-state index contributed by atoms with van der Waals surface area (Å²) in [6.07, 6.45) is 6.91. The third-order valence-electron chi connectivity index (χ3n) is 4.96. The number of hydrogen-bond acceptors (Lipinski definition) is 3. The minimum Gasteiger partial charge on any atom is -0.355 e. The van der Waals surface area contributed by atoms with Gasteiger partial charge in [-0.2, -0.15) is 0 Å². The monoisotopic (exact) mass is 353 g/mol. The van der Waals surface area contributed by atoms with Crippen molar-refractivity contribution in [3.05, 3.63) is 0 Å². The van der Waals surface area contributed by atoms with Gasteiger partial charge in [0.2, 0.25) is 5.91 Å². The molecule has 0 aromatic heterocycles. The Labute approximate surface area is 148 Å². The number of amides is 1. The Bertz CT molecular complexity index is 312. The molecule has 2 heterocycles. The molecule has 4 nitrogen and oxygen atoms in total. The van der Waals surface area contributed by atoms with Crippen LogP contribution in [0.25, 0.3) is 0 Å². The molecule has 132 valence electrons. The number of hydrogen-bond donors (Lipinski definition) is 2. The van der Waals surface area contributed by atoms with Crippen molar-refractivity contribution in [1.82, 2.24) is 15.5 Å². The van der Waals surface area contributed by atoms with Crippen LogP contribution >= 0.6 is 24.8 Å². The second-order valence-electron chi connectivity index (χ2n) is 6.63. The highest BCUT2D eigenvalue weighted by molar-refractivity contribution is 5.85. The zero-order valence-corrected chi connectivity index (χ0v) is 15.6. The number of carbonyl (C=O) groups is 1. The van der Waals surface area contributed by atoms with Crippen molar-refractivity contribution in [2.75, 3.05) is 26.2 Å². The van der Waals surface area contributed by atoms with E-state index in [4.69, 9.17) is 0 Å². The average Bonchev–Trinajstić information content (AvgIpc) is 2.96. The van der Waals surface area contributed by atoms with Crippen LogP contribution in [0.1, 0.15) is 52.4 Å². The van der Waals surface area contributed by atoms with Gasteiger partial charge in [-0.05, 0) is 65.1 Å². The van der Waals surface area contributed by atoms with Crippen LogP contribution in [0, 0.1) is 5.92 Å². The molecule has 3 atom stereocenters. The van der Waals surface area contributed by atoms with Crippen LogP contribution in [0.5, 0.6) is 0 Å². The first kappa shape index (κ1) is 22.0. The highest BCUT2D eigenvalue weighted by Crippen LogP contribution is 2.18. The number of rotatable bonds is 6. The van der Waals surface area contributed by atoms with Gasteiger partial charge in [0.05, 0.1) is 0 Å². The molecule has 1 amide bonds. The minimum atomic E-state index is 0. The SMILES string of the molecule is CC1CCCCN1C(C)CNC(=O)CCC1CCNC1.Cl.Cl. The number of nitrogens with zero attached hydrogens (tertiary/aromatic N) is 1. The molecule has 2 aliphatic heterocycles. The number of nitrogens with one attached hydrogen (secondary N) is 2. The highest BCUT2D eigenvalue weighted by atomic mass is 35.5. The number of halogens is 2. The van der Waals surface area contributed by atoms with Crippen LogP contribution < -0.4 is 10.6 Å². The third kappa shape index (κ3) is 7.03. The first-order chi connectivity index (χ1) is 9.66. The maximum atomic E-state index is 11.9. The van der Waals surface area contributed by atoms with Gasteiger partial charge in [-0.25, -0.2) is 0 Å². The van der Waals surface area contributed by atoms with E-state index in [1.165, 1.54) is 32.2 Å². The van der Waals surface area contributed by atoms with Crippen molar-refractivity contribution >= 4 is 30.7 Å². The molecule has 0 spiro atoms. The molecular weight excluding hydrogens is 321 g/mol. The Morgan fingerprint density at radius 1 is 1.32 bits per heavy atom. The van der Waals surface area contributed by atoms with E-state index >= 15 is 0 Å². The predicted molar refractivity (Wildman–Crippen MR) is 97.2 cm³/mol. The van der Waals surface area contributed by atoms with Crippen molar-refractivity contribution in [1.29, 1.82) is 0 Å². The Balaban J connectivity index is 0.00000220. The number of carbonyl (C=O) groups excluding carboxylic acids is 1. The third-order valence-corrected chi connectivity index (χ3v) is 4.96. The molecule has 2 fully saturated rings. The van der Waals surface area contributed by atoms with Gasteiger partial charge < -0.3 is 10.6 Å². The Morgan fingerprint density at radius 3 is 2.73 bits per heavy atom. The van der Waals surface area contributed by atoms with Gasteiger partial charge in [-0.1, -0.05) is 6.42 Å². The molecule has 2 rings (SSSR count). The van der Waals surface area contributed by atoms with Crippen LogP contribution in [0.4, 0.5) is 0 Å². The summed E-state index contributed by atoms with van der Waals surface area (Å²) in [5, 5.41) is 6.48. The van der Waals surface area contributed by atoms with E-state index in [2.05, 4.69) is 29.4 Å². The van der Waals surface area contributed by atoms with Gasteiger partial charge in [0.25, 0.3) is 0 Å². The van der Waals surface area contributed by atoms with E-state index in [1.807, 2.05) is 0 Å². The zero-order valence-electron chi connectivity index (χ0n) is 14.0. The molecule has 0 aromatic rings. The number of likely N-dealkylation sites (tertiary alicyclic amines) is 1. The summed E-state index contributed by atoms with van der Waals surface area (Å²) >= 11 is 0. The molecule has 2 aliphatic rings. The molecule has 22 heavy (non-hydrogen) atoms. The van der Waals surface area contributed by atoms with E-state index in [9.17, 15) is 4.79 Å². The molecule has 0 aromatic carbocycles. The fourth-order valence-electron chi connectivity index (χ4n) is 3.54. The first-order valence-corrected chi connectivity index (χ1v) is 8.40. The molecule has 2 saturated heterocycles. The smallest absolute Gasteiger partial charge is 0.220 e. The maximum Gasteiger partial charge on any atom is 0.220 e. The molecule has 0 radical (unpaired) electrons. The molecule has 0 aliphatic carbocycles. The molecule has 0 bridgehead atoms. The van der Waals surface area contributed by atoms with E-state index in [0.29, 0.717) is 24.4 Å². The van der Waals surface area contributed by atoms with Crippen LogP contribution in [0.3, 0.4) is 0 Å². The second-order valence-corrected chi connectivity index (χ2v) is 6.63. The highest BCUT2D eigenvalue weighted by Gasteiger charge is 2.23. The van der Waals surface area contributed by atoms with E-state index < -0.39 is 0 Å². The van der Waals surface area contributed by atoms with Gasteiger partial charge in [0.15, 0.2) is 0 Å². The van der Waals surface area contributed by atoms with Crippen LogP contribution in [-0.4, -0.2) is 49.1 Å². The standard InChI is InChI=1S/C16H31N3O.2ClH/c1-13-5-3-4-10-19(13)14(2)11-18-16(20)7-6-15-8-9-17-12-15;;/h13-15,17H,3-12H2,1-2H3,(H,18,20);2*1H. The normalized spacial score (nSPS) is 26.6. The van der Waals surface area contributed by atoms with Gasteiger partial charge >= 0.3 is 0 Å². The summed E-state index contributed by atoms with van der Waals surface area (Å²) in [4.78, 5) is 14.5. The molecular formula is C16H33Cl2N3O. The summed E-state index contributed by atoms with van der Waals surface area (Å²) in [5.41, 5.74) is 0. The topological polar surface area (TPSA) is 44.4 Å². The van der Waals surface area contributed by atoms with Gasteiger partial charge in [-0.15, -0.1) is 24.8 Å². The lowest BCUT2D eigenvalue weighted by Gasteiger charge is -2.38. The summed E-state index contributed by atoms with van der Waals surface area (Å²) in [7, 11) is 0. The first-order valence-electron chi connectivity index (χ1n) is 8.40. The van der Waals surface area contributed by atoms with Crippen LogP contribution in [0.2, 0.25) is 0 Å². The molecule has 2 N–H and O–H groups in total. The Morgan fingerprint density at radius 2 is 2.09 bits per heavy atom. The molecule has 0 saturated carbocycles.